The van der Waals surface area contributed by atoms with E-state index < -0.39 is 23.7 Å². The van der Waals surface area contributed by atoms with Gasteiger partial charge in [-0.15, -0.1) is 0 Å². The van der Waals surface area contributed by atoms with Gasteiger partial charge in [0.1, 0.15) is 0 Å². The fourth-order valence-electron chi connectivity index (χ4n) is 5.21. The number of likely N-dealkylation sites (tertiary alicyclic amines) is 1. The van der Waals surface area contributed by atoms with E-state index in [9.17, 15) is 9.90 Å². The zero-order chi connectivity index (χ0) is 16.2. The third-order valence-electron chi connectivity index (χ3n) is 6.25. The van der Waals surface area contributed by atoms with Gasteiger partial charge in [-0.2, -0.15) is 0 Å². The molecule has 6 rings (SSSR count). The van der Waals surface area contributed by atoms with Gasteiger partial charge in [0.2, 0.25) is 0 Å². The Morgan fingerprint density at radius 1 is 1.48 bits per heavy atom. The molecule has 6 fully saturated rings. The van der Waals surface area contributed by atoms with Gasteiger partial charge in [-0.3, -0.25) is 0 Å². The predicted octanol–water partition coefficient (Wildman–Crippen LogP) is 2.04. The summed E-state index contributed by atoms with van der Waals surface area (Å²) in [5.74, 6) is 2.21. The molecule has 2 saturated carbocycles. The summed E-state index contributed by atoms with van der Waals surface area (Å²) < 4.78 is 3.77. The summed E-state index contributed by atoms with van der Waals surface area (Å²) in [7, 11) is 0. The quantitative estimate of drug-likeness (QED) is 0.408. The molecule has 0 spiro atoms. The van der Waals surface area contributed by atoms with Crippen molar-refractivity contribution in [1.82, 2.24) is 8.43 Å². The van der Waals surface area contributed by atoms with E-state index in [-0.39, 0.29) is 11.9 Å². The van der Waals surface area contributed by atoms with Crippen molar-refractivity contribution < 1.29 is 9.90 Å². The van der Waals surface area contributed by atoms with Gasteiger partial charge in [0, 0.05) is 0 Å². The zero-order valence-corrected chi connectivity index (χ0v) is 15.8. The Bertz CT molecular complexity index is 546. The van der Waals surface area contributed by atoms with Crippen molar-refractivity contribution in [3.63, 3.8) is 0 Å². The van der Waals surface area contributed by atoms with Crippen LogP contribution >= 0.6 is 20.1 Å². The number of fused-ring (bicyclic) bond motifs is 2. The van der Waals surface area contributed by atoms with Crippen molar-refractivity contribution in [3.8, 4) is 6.07 Å². The molecule has 6 aliphatic rings. The van der Waals surface area contributed by atoms with Crippen molar-refractivity contribution in [3.05, 3.63) is 0 Å². The molecule has 23 heavy (non-hydrogen) atoms. The molecule has 2 N–H and O–H groups in total. The van der Waals surface area contributed by atoms with Crippen LogP contribution in [-0.2, 0) is 4.79 Å². The number of amides is 1. The molecule has 6 heteroatoms. The average Bonchev–Trinajstić information content (AvgIpc) is 2.93. The van der Waals surface area contributed by atoms with E-state index in [4.69, 9.17) is 5.26 Å². The fraction of sp³-hybridized carbons (Fsp3) is 0.882. The minimum atomic E-state index is -1.78. The number of nitriles is 1. The Morgan fingerprint density at radius 3 is 3.09 bits per heavy atom. The summed E-state index contributed by atoms with van der Waals surface area (Å²) in [5.41, 5.74) is 0. The van der Waals surface area contributed by atoms with Crippen LogP contribution in [0.4, 0.5) is 0 Å². The molecule has 0 aromatic rings. The molecular formula is C17H26IN3O2. The van der Waals surface area contributed by atoms with E-state index >= 15 is 0 Å². The molecule has 1 amide bonds. The number of hydrogen-bond donors (Lipinski definition) is 2. The van der Waals surface area contributed by atoms with Crippen molar-refractivity contribution in [2.24, 2.45) is 17.8 Å². The number of nitrogens with zero attached hydrogens (tertiary/aromatic N) is 2. The maximum atomic E-state index is 12.5. The maximum absolute atomic E-state index is 12.5. The normalized spacial score (nSPS) is 46.2. The Balaban J connectivity index is 1.43. The molecule has 4 bridgehead atoms. The molecule has 6 atom stereocenters. The van der Waals surface area contributed by atoms with Crippen LogP contribution in [0.2, 0.25) is 0 Å². The summed E-state index contributed by atoms with van der Waals surface area (Å²) in [6, 6.07) is 2.00. The van der Waals surface area contributed by atoms with Crippen LogP contribution in [0.15, 0.2) is 0 Å². The number of halogens is 1. The second-order valence-electron chi connectivity index (χ2n) is 7.84. The van der Waals surface area contributed by atoms with Gasteiger partial charge >= 0.3 is 146 Å². The number of carbonyl (C=O) groups excluding carboxylic acids is 1. The van der Waals surface area contributed by atoms with Gasteiger partial charge in [0.15, 0.2) is 0 Å². The Morgan fingerprint density at radius 2 is 2.30 bits per heavy atom. The molecule has 5 nitrogen and oxygen atoms in total. The molecule has 128 valence electrons. The molecule has 0 radical (unpaired) electrons. The van der Waals surface area contributed by atoms with Gasteiger partial charge in [-0.1, -0.05) is 0 Å². The first-order valence-corrected chi connectivity index (χ1v) is 12.3. The molecule has 2 aliphatic carbocycles. The molecule has 4 heterocycles. The Hall–Kier alpha value is -0.390. The van der Waals surface area contributed by atoms with E-state index in [1.54, 1.807) is 4.90 Å². The van der Waals surface area contributed by atoms with Gasteiger partial charge in [0.25, 0.3) is 0 Å². The van der Waals surface area contributed by atoms with E-state index in [0.717, 1.165) is 37.5 Å². The molecule has 4 saturated heterocycles. The molecule has 4 aliphatic heterocycles. The second kappa shape index (κ2) is 5.85. The monoisotopic (exact) mass is 431 g/mol. The van der Waals surface area contributed by atoms with E-state index in [2.05, 4.69) is 16.5 Å². The van der Waals surface area contributed by atoms with Crippen LogP contribution < -0.4 is 3.53 Å². The number of aliphatic hydroxyl groups is 1. The van der Waals surface area contributed by atoms with Crippen LogP contribution in [-0.4, -0.2) is 42.6 Å². The van der Waals surface area contributed by atoms with Crippen LogP contribution in [0.1, 0.15) is 45.4 Å². The number of carbonyl (C=O) groups is 1. The van der Waals surface area contributed by atoms with Gasteiger partial charge in [0.05, 0.1) is 0 Å². The first kappa shape index (κ1) is 16.1. The van der Waals surface area contributed by atoms with Crippen molar-refractivity contribution >= 4 is 26.0 Å². The Labute approximate surface area is 145 Å². The van der Waals surface area contributed by atoms with Crippen LogP contribution in [0, 0.1) is 29.1 Å². The Kier molecular flexibility index (Phi) is 4.10. The molecular weight excluding hydrogens is 405 g/mol. The average molecular weight is 431 g/mol. The summed E-state index contributed by atoms with van der Waals surface area (Å²) in [4.78, 5) is 14.2. The topological polar surface area (TPSA) is 76.4 Å². The molecule has 4 unspecified atom stereocenters. The number of nitrogens with one attached hydrogen (secondary N) is 1. The van der Waals surface area contributed by atoms with E-state index in [1.807, 2.05) is 0 Å². The van der Waals surface area contributed by atoms with Gasteiger partial charge in [-0.25, -0.2) is 0 Å². The first-order valence-electron chi connectivity index (χ1n) is 8.85. The van der Waals surface area contributed by atoms with Gasteiger partial charge in [-0.05, 0) is 0 Å². The molecule has 0 aromatic heterocycles. The minimum absolute atomic E-state index is 0.0546. The summed E-state index contributed by atoms with van der Waals surface area (Å²) in [5, 5.41) is 20.4. The predicted molar refractivity (Wildman–Crippen MR) is 95.7 cm³/mol. The summed E-state index contributed by atoms with van der Waals surface area (Å²) >= 11 is -1.78. The zero-order valence-electron chi connectivity index (χ0n) is 13.7. The fourth-order valence-corrected chi connectivity index (χ4v) is 13.9. The van der Waals surface area contributed by atoms with Crippen LogP contribution in [0.3, 0.4) is 0 Å². The summed E-state index contributed by atoms with van der Waals surface area (Å²) in [6.07, 6.45) is 6.17. The van der Waals surface area contributed by atoms with Crippen LogP contribution in [0.25, 0.3) is 0 Å². The van der Waals surface area contributed by atoms with Crippen LogP contribution in [0.5, 0.6) is 0 Å². The third kappa shape index (κ3) is 2.59. The van der Waals surface area contributed by atoms with Crippen molar-refractivity contribution in [1.29, 1.82) is 5.26 Å². The van der Waals surface area contributed by atoms with Crippen molar-refractivity contribution in [2.75, 3.05) is 13.1 Å². The van der Waals surface area contributed by atoms with E-state index in [1.165, 1.54) is 12.8 Å². The standard InChI is InChI=1S/C17H26IN3O2/c1-11-5-14-12-6-15(14)18(17(23,7-11)8-12)20-10-16(22)21-4-2-3-13(21)9-19/h11-15,20,23H,2-8,10H2,1H3/t11?,12?,13-,14+,15?,17?/m0/s1. The second-order valence-corrected chi connectivity index (χ2v) is 14.0. The first-order chi connectivity index (χ1) is 11.0. The molecule has 0 aromatic carbocycles. The number of alkyl halides is 2. The number of hydrogen-bond acceptors (Lipinski definition) is 4. The summed E-state index contributed by atoms with van der Waals surface area (Å²) in [6.45, 7) is 3.31. The third-order valence-corrected chi connectivity index (χ3v) is 13.5. The van der Waals surface area contributed by atoms with Gasteiger partial charge < -0.3 is 0 Å². The van der Waals surface area contributed by atoms with Crippen molar-refractivity contribution in [2.45, 2.75) is 59.0 Å². The number of rotatable bonds is 3. The van der Waals surface area contributed by atoms with E-state index in [0.29, 0.717) is 22.9 Å². The SMILES string of the molecule is CC1C[C@@H]2C3CC2I(NCC(=O)N2CCC[C@H]2C#N)C(O)(C1)C3.